The van der Waals surface area contributed by atoms with Crippen molar-refractivity contribution >= 4 is 39.4 Å². The summed E-state index contributed by atoms with van der Waals surface area (Å²) < 4.78 is 16.0. The summed E-state index contributed by atoms with van der Waals surface area (Å²) >= 11 is 0. The molecule has 2 aromatic heterocycles. The van der Waals surface area contributed by atoms with E-state index in [4.69, 9.17) is 19.2 Å². The maximum atomic E-state index is 13.3. The van der Waals surface area contributed by atoms with E-state index in [9.17, 15) is 9.59 Å². The maximum absolute atomic E-state index is 13.3. The molecule has 0 atom stereocenters. The number of rotatable bonds is 8. The summed E-state index contributed by atoms with van der Waals surface area (Å²) in [4.78, 5) is 37.8. The first-order valence-electron chi connectivity index (χ1n) is 15.7. The second-order valence-electron chi connectivity index (χ2n) is 11.8. The van der Waals surface area contributed by atoms with Crippen molar-refractivity contribution in [1.82, 2.24) is 14.9 Å². The van der Waals surface area contributed by atoms with E-state index in [2.05, 4.69) is 45.5 Å². The molecule has 1 aliphatic heterocycles. The molecule has 48 heavy (non-hydrogen) atoms. The van der Waals surface area contributed by atoms with Crippen LogP contribution in [-0.4, -0.2) is 54.6 Å². The van der Waals surface area contributed by atoms with Crippen molar-refractivity contribution < 1.29 is 23.8 Å². The zero-order valence-corrected chi connectivity index (χ0v) is 26.9. The number of benzene rings is 4. The third-order valence-electron chi connectivity index (χ3n) is 8.76. The summed E-state index contributed by atoms with van der Waals surface area (Å²) in [5, 5.41) is 4.83. The van der Waals surface area contributed by atoms with Gasteiger partial charge in [0.2, 0.25) is 0 Å². The summed E-state index contributed by atoms with van der Waals surface area (Å²) in [6, 6.07) is 30.8. The van der Waals surface area contributed by atoms with Crippen molar-refractivity contribution in [1.29, 1.82) is 0 Å². The zero-order chi connectivity index (χ0) is 33.2. The summed E-state index contributed by atoms with van der Waals surface area (Å²) in [7, 11) is 4.64. The smallest absolute Gasteiger partial charge is 0.339 e. The van der Waals surface area contributed by atoms with Crippen LogP contribution in [0.3, 0.4) is 0 Å². The molecule has 0 fully saturated rings. The van der Waals surface area contributed by atoms with Crippen LogP contribution in [0, 0.1) is 0 Å². The minimum atomic E-state index is -0.557. The van der Waals surface area contributed by atoms with Crippen molar-refractivity contribution in [3.05, 3.63) is 125 Å². The van der Waals surface area contributed by atoms with Gasteiger partial charge in [-0.05, 0) is 77.7 Å². The molecule has 0 saturated carbocycles. The van der Waals surface area contributed by atoms with Gasteiger partial charge in [-0.3, -0.25) is 9.69 Å². The lowest BCUT2D eigenvalue weighted by molar-refractivity contribution is 0.0602. The minimum Gasteiger partial charge on any atom is -0.493 e. The van der Waals surface area contributed by atoms with E-state index in [-0.39, 0.29) is 11.3 Å². The van der Waals surface area contributed by atoms with Gasteiger partial charge in [0.15, 0.2) is 11.5 Å². The SMILES string of the molecule is COC(=O)c1ccc(-c2ccc3cc(CN4CCc5cc(OC)c(OC)cc5C4)ccc3n2)cc1NC(=O)c1ccc2ccccc2n1. The fourth-order valence-electron chi connectivity index (χ4n) is 6.24. The molecule has 9 heteroatoms. The number of para-hydroxylation sites is 1. The van der Waals surface area contributed by atoms with Gasteiger partial charge in [0.25, 0.3) is 5.91 Å². The van der Waals surface area contributed by atoms with Crippen LogP contribution in [0.25, 0.3) is 33.1 Å². The van der Waals surface area contributed by atoms with E-state index in [1.807, 2.05) is 42.5 Å². The Hall–Kier alpha value is -5.80. The van der Waals surface area contributed by atoms with Gasteiger partial charge >= 0.3 is 5.97 Å². The third kappa shape index (κ3) is 6.15. The van der Waals surface area contributed by atoms with Crippen LogP contribution in [0.5, 0.6) is 11.5 Å². The molecule has 6 aromatic rings. The summed E-state index contributed by atoms with van der Waals surface area (Å²) in [6.45, 7) is 2.60. The molecule has 1 amide bonds. The number of anilines is 1. The van der Waals surface area contributed by atoms with Crippen molar-refractivity contribution in [3.8, 4) is 22.8 Å². The number of fused-ring (bicyclic) bond motifs is 3. The monoisotopic (exact) mass is 638 g/mol. The Morgan fingerprint density at radius 2 is 1.54 bits per heavy atom. The molecule has 7 rings (SSSR count). The number of hydrogen-bond donors (Lipinski definition) is 1. The molecule has 240 valence electrons. The first kappa shape index (κ1) is 30.8. The molecule has 3 heterocycles. The lowest BCUT2D eigenvalue weighted by atomic mass is 9.98. The Bertz CT molecular complexity index is 2200. The number of esters is 1. The number of aromatic nitrogens is 2. The molecule has 0 aliphatic carbocycles. The normalized spacial score (nSPS) is 12.8. The van der Waals surface area contributed by atoms with E-state index in [0.717, 1.165) is 59.4 Å². The lowest BCUT2D eigenvalue weighted by Crippen LogP contribution is -2.30. The number of carbonyl (C=O) groups excluding carboxylic acids is 2. The van der Waals surface area contributed by atoms with Crippen LogP contribution in [0.4, 0.5) is 5.69 Å². The standard InChI is InChI=1S/C39H34N4O5/c1-46-36-20-26-16-17-43(23-29(26)21-37(36)47-2)22-24-8-13-32-27(18-24)11-14-33(40-32)28-9-12-30(39(45)48-3)35(19-28)42-38(44)34-15-10-25-6-4-5-7-31(25)41-34/h4-15,18-21H,16-17,22-23H2,1-3H3,(H,42,44). The van der Waals surface area contributed by atoms with E-state index < -0.39 is 11.9 Å². The Labute approximate surface area is 278 Å². The van der Waals surface area contributed by atoms with Gasteiger partial charge in [0.05, 0.1) is 49.3 Å². The van der Waals surface area contributed by atoms with Crippen LogP contribution >= 0.6 is 0 Å². The maximum Gasteiger partial charge on any atom is 0.339 e. The van der Waals surface area contributed by atoms with Gasteiger partial charge in [-0.25, -0.2) is 14.8 Å². The largest absolute Gasteiger partial charge is 0.493 e. The first-order chi connectivity index (χ1) is 23.4. The molecule has 9 nitrogen and oxygen atoms in total. The Balaban J connectivity index is 1.11. The highest BCUT2D eigenvalue weighted by Crippen LogP contribution is 2.34. The lowest BCUT2D eigenvalue weighted by Gasteiger charge is -2.29. The third-order valence-corrected chi connectivity index (χ3v) is 8.76. The van der Waals surface area contributed by atoms with Gasteiger partial charge in [-0.15, -0.1) is 0 Å². The number of nitrogens with one attached hydrogen (secondary N) is 1. The highest BCUT2D eigenvalue weighted by Gasteiger charge is 2.21. The Kier molecular flexibility index (Phi) is 8.44. The topological polar surface area (TPSA) is 103 Å². The van der Waals surface area contributed by atoms with E-state index in [0.29, 0.717) is 16.9 Å². The van der Waals surface area contributed by atoms with Gasteiger partial charge in [0, 0.05) is 36.0 Å². The van der Waals surface area contributed by atoms with Crippen molar-refractivity contribution in [3.63, 3.8) is 0 Å². The van der Waals surface area contributed by atoms with Crippen molar-refractivity contribution in [2.75, 3.05) is 33.2 Å². The molecule has 1 aliphatic rings. The van der Waals surface area contributed by atoms with Crippen LogP contribution in [0.1, 0.15) is 37.5 Å². The number of methoxy groups -OCH3 is 3. The van der Waals surface area contributed by atoms with Gasteiger partial charge in [-0.1, -0.05) is 42.5 Å². The highest BCUT2D eigenvalue weighted by molar-refractivity contribution is 6.08. The van der Waals surface area contributed by atoms with E-state index in [1.54, 1.807) is 38.5 Å². The number of hydrogen-bond acceptors (Lipinski definition) is 8. The van der Waals surface area contributed by atoms with Crippen LogP contribution in [-0.2, 0) is 24.2 Å². The first-order valence-corrected chi connectivity index (χ1v) is 15.7. The molecule has 0 saturated heterocycles. The van der Waals surface area contributed by atoms with Gasteiger partial charge in [0.1, 0.15) is 5.69 Å². The van der Waals surface area contributed by atoms with Crippen molar-refractivity contribution in [2.45, 2.75) is 19.5 Å². The zero-order valence-electron chi connectivity index (χ0n) is 26.9. The van der Waals surface area contributed by atoms with E-state index in [1.165, 1.54) is 23.8 Å². The molecule has 0 radical (unpaired) electrons. The Morgan fingerprint density at radius 1 is 0.771 bits per heavy atom. The summed E-state index contributed by atoms with van der Waals surface area (Å²) in [6.07, 6.45) is 0.949. The molecule has 1 N–H and O–H groups in total. The number of pyridine rings is 2. The Morgan fingerprint density at radius 3 is 2.35 bits per heavy atom. The number of nitrogens with zero attached hydrogens (tertiary/aromatic N) is 3. The van der Waals surface area contributed by atoms with E-state index >= 15 is 0 Å². The van der Waals surface area contributed by atoms with Crippen LogP contribution in [0.15, 0.2) is 97.1 Å². The van der Waals surface area contributed by atoms with Crippen LogP contribution in [0.2, 0.25) is 0 Å². The van der Waals surface area contributed by atoms with Gasteiger partial charge in [-0.2, -0.15) is 0 Å². The molecule has 0 spiro atoms. The molecule has 0 unspecified atom stereocenters. The average Bonchev–Trinajstić information content (AvgIpc) is 3.13. The van der Waals surface area contributed by atoms with Gasteiger partial charge < -0.3 is 19.5 Å². The minimum absolute atomic E-state index is 0.235. The summed E-state index contributed by atoms with van der Waals surface area (Å²) in [5.41, 5.74) is 7.56. The molecular formula is C39H34N4O5. The summed E-state index contributed by atoms with van der Waals surface area (Å²) in [5.74, 6) is 0.531. The molecule has 4 aromatic carbocycles. The van der Waals surface area contributed by atoms with Crippen molar-refractivity contribution in [2.24, 2.45) is 0 Å². The fraction of sp³-hybridized carbons (Fsp3) is 0.179. The average molecular weight is 639 g/mol. The number of carbonyl (C=O) groups is 2. The quantitative estimate of drug-likeness (QED) is 0.177. The molecule has 0 bridgehead atoms. The fourth-order valence-corrected chi connectivity index (χ4v) is 6.24. The molecular weight excluding hydrogens is 604 g/mol. The number of amides is 1. The van der Waals surface area contributed by atoms with Crippen LogP contribution < -0.4 is 14.8 Å². The predicted octanol–water partition coefficient (Wildman–Crippen LogP) is 7.06. The highest BCUT2D eigenvalue weighted by atomic mass is 16.5. The predicted molar refractivity (Wildman–Crippen MR) is 186 cm³/mol. The second kappa shape index (κ2) is 13.1. The number of ether oxygens (including phenoxy) is 3. The second-order valence-corrected chi connectivity index (χ2v) is 11.8.